The van der Waals surface area contributed by atoms with Crippen LogP contribution in [0.5, 0.6) is 0 Å². The van der Waals surface area contributed by atoms with Crippen LogP contribution in [0, 0.1) is 17.8 Å². The van der Waals surface area contributed by atoms with Gasteiger partial charge in [0.2, 0.25) is 11.8 Å². The van der Waals surface area contributed by atoms with E-state index in [4.69, 9.17) is 24.1 Å². The van der Waals surface area contributed by atoms with Crippen molar-refractivity contribution >= 4 is 30.0 Å². The van der Waals surface area contributed by atoms with Crippen LogP contribution in [0.15, 0.2) is 0 Å². The summed E-state index contributed by atoms with van der Waals surface area (Å²) >= 11 is 0. The molecule has 0 saturated carbocycles. The number of hydrogen-bond acceptors (Lipinski definition) is 10. The van der Waals surface area contributed by atoms with Crippen LogP contribution < -0.4 is 5.32 Å². The van der Waals surface area contributed by atoms with Gasteiger partial charge in [0.05, 0.1) is 68.3 Å². The number of carbonyl (C=O) groups is 5. The lowest BCUT2D eigenvalue weighted by Gasteiger charge is -2.43. The van der Waals surface area contributed by atoms with E-state index >= 15 is 0 Å². The Morgan fingerprint density at radius 2 is 0.939 bits per heavy atom. The predicted molar refractivity (Wildman–Crippen MR) is 176 cm³/mol. The maximum Gasteiger partial charge on any atom is 0.410 e. The molecule has 7 aliphatic heterocycles. The van der Waals surface area contributed by atoms with E-state index in [1.165, 1.54) is 4.90 Å². The van der Waals surface area contributed by atoms with E-state index < -0.39 is 29.2 Å². The molecule has 0 aliphatic carbocycles. The van der Waals surface area contributed by atoms with E-state index in [9.17, 15) is 24.0 Å². The quantitative estimate of drug-likeness (QED) is 0.442. The molecule has 7 fully saturated rings. The Morgan fingerprint density at radius 1 is 0.592 bits per heavy atom. The fourth-order valence-corrected chi connectivity index (χ4v) is 7.08. The van der Waals surface area contributed by atoms with Crippen molar-refractivity contribution in [2.24, 2.45) is 17.8 Å². The number of likely N-dealkylation sites (tertiary alicyclic amines) is 2. The van der Waals surface area contributed by atoms with Crippen LogP contribution in [-0.2, 0) is 33.3 Å². The lowest BCUT2D eigenvalue weighted by molar-refractivity contribution is -0.150. The second kappa shape index (κ2) is 15.0. The zero-order valence-electron chi connectivity index (χ0n) is 29.9. The minimum Gasteiger partial charge on any atom is -0.481 e. The Kier molecular flexibility index (Phi) is 11.3. The molecule has 7 saturated heterocycles. The number of fused-ring (bicyclic) bond motifs is 4. The van der Waals surface area contributed by atoms with Crippen LogP contribution in [0.1, 0.15) is 67.2 Å². The van der Waals surface area contributed by atoms with E-state index in [1.54, 1.807) is 25.7 Å². The van der Waals surface area contributed by atoms with Gasteiger partial charge in [0.1, 0.15) is 11.2 Å². The second-order valence-electron chi connectivity index (χ2n) is 16.2. The molecule has 49 heavy (non-hydrogen) atoms. The Balaban J connectivity index is 0.000000148. The van der Waals surface area contributed by atoms with E-state index in [2.05, 4.69) is 10.2 Å². The van der Waals surface area contributed by atoms with Gasteiger partial charge in [-0.3, -0.25) is 14.4 Å². The van der Waals surface area contributed by atoms with Gasteiger partial charge < -0.3 is 49.0 Å². The monoisotopic (exact) mass is 693 g/mol. The maximum absolute atomic E-state index is 12.6. The van der Waals surface area contributed by atoms with E-state index in [0.717, 1.165) is 52.0 Å². The molecule has 15 heteroatoms. The smallest absolute Gasteiger partial charge is 0.410 e. The summed E-state index contributed by atoms with van der Waals surface area (Å²) in [5.74, 6) is -0.563. The van der Waals surface area contributed by atoms with Crippen molar-refractivity contribution in [3.8, 4) is 0 Å². The third kappa shape index (κ3) is 9.14. The van der Waals surface area contributed by atoms with Gasteiger partial charge in [0, 0.05) is 39.3 Å². The molecule has 2 N–H and O–H groups in total. The lowest BCUT2D eigenvalue weighted by Crippen LogP contribution is -2.60. The third-order valence-electron chi connectivity index (χ3n) is 9.89. The first kappa shape index (κ1) is 37.1. The van der Waals surface area contributed by atoms with Gasteiger partial charge in [-0.25, -0.2) is 9.59 Å². The molecule has 0 aromatic heterocycles. The number of nitrogens with zero attached hydrogens (tertiary/aromatic N) is 4. The number of hydrogen-bond donors (Lipinski definition) is 2. The average molecular weight is 694 g/mol. The molecule has 15 nitrogen and oxygen atoms in total. The first-order chi connectivity index (χ1) is 23.0. The van der Waals surface area contributed by atoms with Gasteiger partial charge in [-0.2, -0.15) is 0 Å². The van der Waals surface area contributed by atoms with Crippen molar-refractivity contribution < 1.29 is 48.0 Å². The highest BCUT2D eigenvalue weighted by molar-refractivity contribution is 5.84. The SMILES string of the molecule is CC(C)(C)OC(=O)N1CC(C(=O)N2C3CCC2COC3)C1.CC(C)(C)OC(=O)N1CC(C(=O)O)C1.O=C(C1CNC1)N1C2CCC1COC2. The van der Waals surface area contributed by atoms with Gasteiger partial charge in [0.25, 0.3) is 0 Å². The van der Waals surface area contributed by atoms with Gasteiger partial charge in [-0.15, -0.1) is 0 Å². The molecule has 4 bridgehead atoms. The van der Waals surface area contributed by atoms with Crippen molar-refractivity contribution in [3.05, 3.63) is 0 Å². The molecule has 276 valence electrons. The van der Waals surface area contributed by atoms with Crippen molar-refractivity contribution in [1.82, 2.24) is 24.9 Å². The standard InChI is InChI=1S/C15H24N2O4.C10H16N2O2.C9H15NO4/c1-15(2,3)21-14(19)16-6-10(7-16)13(18)17-11-4-5-12(17)9-20-8-11;13-10(7-3-11-4-7)12-8-1-2-9(12)6-14-5-8;1-9(2,3)14-8(13)10-4-6(5-10)7(11)12/h10-12H,4-9H2,1-3H3;7-9,11H,1-6H2;6H,4-5H2,1-3H3,(H,11,12). The van der Waals surface area contributed by atoms with Crippen LogP contribution >= 0.6 is 0 Å². The Morgan fingerprint density at radius 3 is 1.24 bits per heavy atom. The molecular formula is C34H55N5O10. The highest BCUT2D eigenvalue weighted by atomic mass is 16.6. The van der Waals surface area contributed by atoms with Crippen LogP contribution in [0.4, 0.5) is 9.59 Å². The predicted octanol–water partition coefficient (Wildman–Crippen LogP) is 1.78. The second-order valence-corrected chi connectivity index (χ2v) is 16.2. The van der Waals surface area contributed by atoms with Crippen LogP contribution in [0.25, 0.3) is 0 Å². The highest BCUT2D eigenvalue weighted by Crippen LogP contribution is 2.33. The van der Waals surface area contributed by atoms with E-state index in [1.807, 2.05) is 25.7 Å². The molecule has 7 aliphatic rings. The number of morpholine rings is 2. The van der Waals surface area contributed by atoms with Gasteiger partial charge in [-0.05, 0) is 67.2 Å². The molecule has 0 spiro atoms. The number of amides is 4. The minimum absolute atomic E-state index is 0.0706. The number of carboxylic acids is 1. The minimum atomic E-state index is -0.857. The molecule has 4 atom stereocenters. The molecule has 4 unspecified atom stereocenters. The first-order valence-electron chi connectivity index (χ1n) is 17.7. The number of carboxylic acid groups (broad SMARTS) is 1. The molecule has 7 heterocycles. The molecule has 0 aromatic rings. The van der Waals surface area contributed by atoms with E-state index in [-0.39, 0.29) is 49.0 Å². The van der Waals surface area contributed by atoms with Crippen molar-refractivity contribution in [1.29, 1.82) is 0 Å². The summed E-state index contributed by atoms with van der Waals surface area (Å²) in [5.41, 5.74) is -1.01. The summed E-state index contributed by atoms with van der Waals surface area (Å²) in [5, 5.41) is 11.7. The summed E-state index contributed by atoms with van der Waals surface area (Å²) in [6.07, 6.45) is 3.59. The van der Waals surface area contributed by atoms with Crippen molar-refractivity contribution in [3.63, 3.8) is 0 Å². The number of rotatable bonds is 3. The zero-order valence-corrected chi connectivity index (χ0v) is 29.9. The van der Waals surface area contributed by atoms with Gasteiger partial charge in [-0.1, -0.05) is 0 Å². The molecule has 0 radical (unpaired) electrons. The molecule has 0 aromatic carbocycles. The largest absolute Gasteiger partial charge is 0.481 e. The first-order valence-corrected chi connectivity index (χ1v) is 17.7. The van der Waals surface area contributed by atoms with Crippen molar-refractivity contribution in [2.45, 2.75) is 103 Å². The molecule has 7 rings (SSSR count). The highest BCUT2D eigenvalue weighted by Gasteiger charge is 2.47. The third-order valence-corrected chi connectivity index (χ3v) is 9.89. The van der Waals surface area contributed by atoms with Gasteiger partial charge >= 0.3 is 18.2 Å². The number of ether oxygens (including phenoxy) is 4. The summed E-state index contributed by atoms with van der Waals surface area (Å²) in [6, 6.07) is 1.24. The zero-order chi connectivity index (χ0) is 35.7. The Bertz CT molecular complexity index is 1200. The van der Waals surface area contributed by atoms with E-state index in [0.29, 0.717) is 44.3 Å². The number of aliphatic carboxylic acids is 1. The summed E-state index contributed by atoms with van der Waals surface area (Å²) < 4.78 is 21.3. The number of nitrogens with one attached hydrogen (secondary N) is 1. The number of carbonyl (C=O) groups excluding carboxylic acids is 4. The summed E-state index contributed by atoms with van der Waals surface area (Å²) in [6.45, 7) is 16.9. The maximum atomic E-state index is 12.6. The van der Waals surface area contributed by atoms with Crippen molar-refractivity contribution in [2.75, 3.05) is 65.7 Å². The lowest BCUT2D eigenvalue weighted by atomic mass is 9.98. The Labute approximate surface area is 288 Å². The summed E-state index contributed by atoms with van der Waals surface area (Å²) in [4.78, 5) is 65.4. The fraction of sp³-hybridized carbons (Fsp3) is 0.853. The van der Waals surface area contributed by atoms with Gasteiger partial charge in [0.15, 0.2) is 0 Å². The summed E-state index contributed by atoms with van der Waals surface area (Å²) in [7, 11) is 0. The normalized spacial score (nSPS) is 28.1. The fourth-order valence-electron chi connectivity index (χ4n) is 7.08. The molecular weight excluding hydrogens is 638 g/mol. The van der Waals surface area contributed by atoms with Crippen LogP contribution in [0.2, 0.25) is 0 Å². The van der Waals surface area contributed by atoms with Crippen LogP contribution in [0.3, 0.4) is 0 Å². The molecule has 4 amide bonds. The topological polar surface area (TPSA) is 167 Å². The Hall–Kier alpha value is -3.17. The van der Waals surface area contributed by atoms with Crippen LogP contribution in [-0.4, -0.2) is 156 Å². The average Bonchev–Trinajstić information content (AvgIpc) is 3.30.